The van der Waals surface area contributed by atoms with Crippen LogP contribution in [0.5, 0.6) is 0 Å². The summed E-state index contributed by atoms with van der Waals surface area (Å²) >= 11 is 0. The first-order valence-corrected chi connectivity index (χ1v) is 6.47. The van der Waals surface area contributed by atoms with Gasteiger partial charge in [0.05, 0.1) is 7.11 Å². The van der Waals surface area contributed by atoms with E-state index in [0.717, 1.165) is 12.0 Å². The summed E-state index contributed by atoms with van der Waals surface area (Å²) in [5.74, 6) is -0.793. The van der Waals surface area contributed by atoms with Crippen LogP contribution < -0.4 is 0 Å². The molecule has 0 bridgehead atoms. The number of ether oxygens (including phenoxy) is 1. The smallest absolute Gasteiger partial charge is 0.305 e. The predicted octanol–water partition coefficient (Wildman–Crippen LogP) is 2.98. The van der Waals surface area contributed by atoms with Crippen LogP contribution in [0, 0.1) is 0 Å². The van der Waals surface area contributed by atoms with Crippen molar-refractivity contribution in [3.63, 3.8) is 0 Å². The molecule has 1 N–H and O–H groups in total. The van der Waals surface area contributed by atoms with Crippen molar-refractivity contribution in [1.82, 2.24) is 0 Å². The van der Waals surface area contributed by atoms with E-state index in [4.69, 9.17) is 5.11 Å². The third-order valence-electron chi connectivity index (χ3n) is 3.14. The molecule has 104 valence electrons. The molecule has 4 heteroatoms. The largest absolute Gasteiger partial charge is 0.481 e. The third kappa shape index (κ3) is 6.04. The van der Waals surface area contributed by atoms with Gasteiger partial charge in [0.25, 0.3) is 0 Å². The lowest BCUT2D eigenvalue weighted by Crippen LogP contribution is -2.06. The van der Waals surface area contributed by atoms with Crippen molar-refractivity contribution < 1.29 is 19.4 Å². The van der Waals surface area contributed by atoms with Crippen LogP contribution in [0.3, 0.4) is 0 Å². The monoisotopic (exact) mass is 264 g/mol. The molecule has 0 aliphatic rings. The second kappa shape index (κ2) is 8.29. The molecule has 0 fully saturated rings. The zero-order chi connectivity index (χ0) is 14.1. The summed E-state index contributed by atoms with van der Waals surface area (Å²) in [5, 5.41) is 8.68. The van der Waals surface area contributed by atoms with Gasteiger partial charge in [0.15, 0.2) is 0 Å². The number of esters is 1. The van der Waals surface area contributed by atoms with Gasteiger partial charge in [-0.1, -0.05) is 30.3 Å². The van der Waals surface area contributed by atoms with Gasteiger partial charge in [-0.2, -0.15) is 0 Å². The molecule has 0 heterocycles. The first kappa shape index (κ1) is 15.2. The second-order valence-electron chi connectivity index (χ2n) is 4.51. The Bertz CT molecular complexity index is 400. The van der Waals surface area contributed by atoms with Gasteiger partial charge in [-0.15, -0.1) is 0 Å². The van der Waals surface area contributed by atoms with Gasteiger partial charge < -0.3 is 9.84 Å². The fourth-order valence-electron chi connectivity index (χ4n) is 2.10. The van der Waals surface area contributed by atoms with E-state index >= 15 is 0 Å². The maximum atomic E-state index is 11.2. The minimum atomic E-state index is -0.778. The van der Waals surface area contributed by atoms with Gasteiger partial charge in [0, 0.05) is 12.8 Å². The highest BCUT2D eigenvalue weighted by Crippen LogP contribution is 2.27. The molecule has 1 aromatic rings. The maximum Gasteiger partial charge on any atom is 0.305 e. The van der Waals surface area contributed by atoms with Gasteiger partial charge in [-0.05, 0) is 30.7 Å². The Morgan fingerprint density at radius 3 is 2.42 bits per heavy atom. The van der Waals surface area contributed by atoms with E-state index in [-0.39, 0.29) is 18.3 Å². The molecule has 0 aliphatic carbocycles. The summed E-state index contributed by atoms with van der Waals surface area (Å²) in [6, 6.07) is 9.89. The molecule has 0 spiro atoms. The molecule has 19 heavy (non-hydrogen) atoms. The molecule has 0 saturated heterocycles. The molecular weight excluding hydrogens is 244 g/mol. The number of carbonyl (C=O) groups excluding carboxylic acids is 1. The number of carbonyl (C=O) groups is 2. The molecule has 4 nitrogen and oxygen atoms in total. The first-order valence-electron chi connectivity index (χ1n) is 6.47. The number of carboxylic acids is 1. The summed E-state index contributed by atoms with van der Waals surface area (Å²) in [6.07, 6.45) is 2.62. The van der Waals surface area contributed by atoms with Crippen LogP contribution in [0.4, 0.5) is 0 Å². The Balaban J connectivity index is 2.57. The zero-order valence-electron chi connectivity index (χ0n) is 11.2. The first-order chi connectivity index (χ1) is 9.13. The van der Waals surface area contributed by atoms with Crippen molar-refractivity contribution >= 4 is 11.9 Å². The van der Waals surface area contributed by atoms with Crippen LogP contribution in [0.15, 0.2) is 30.3 Å². The van der Waals surface area contributed by atoms with Gasteiger partial charge >= 0.3 is 11.9 Å². The van der Waals surface area contributed by atoms with Crippen LogP contribution in [-0.2, 0) is 14.3 Å². The lowest BCUT2D eigenvalue weighted by molar-refractivity contribution is -0.141. The second-order valence-corrected chi connectivity index (χ2v) is 4.51. The van der Waals surface area contributed by atoms with Crippen molar-refractivity contribution in [3.05, 3.63) is 35.9 Å². The number of rotatable bonds is 8. The van der Waals surface area contributed by atoms with Gasteiger partial charge in [0.2, 0.25) is 0 Å². The van der Waals surface area contributed by atoms with Crippen LogP contribution in [0.25, 0.3) is 0 Å². The van der Waals surface area contributed by atoms with Gasteiger partial charge in [0.1, 0.15) is 0 Å². The highest BCUT2D eigenvalue weighted by Gasteiger charge is 2.14. The molecule has 1 unspecified atom stereocenters. The summed E-state index contributed by atoms with van der Waals surface area (Å²) in [4.78, 5) is 21.8. The topological polar surface area (TPSA) is 63.6 Å². The van der Waals surface area contributed by atoms with Crippen LogP contribution in [0.1, 0.15) is 43.6 Å². The summed E-state index contributed by atoms with van der Waals surface area (Å²) in [5.41, 5.74) is 1.15. The van der Waals surface area contributed by atoms with Crippen LogP contribution in [-0.4, -0.2) is 24.2 Å². The molecule has 0 radical (unpaired) electrons. The predicted molar refractivity (Wildman–Crippen MR) is 71.9 cm³/mol. The molecule has 0 amide bonds. The van der Waals surface area contributed by atoms with E-state index in [2.05, 4.69) is 4.74 Å². The quantitative estimate of drug-likeness (QED) is 0.733. The molecule has 0 aliphatic heterocycles. The summed E-state index contributed by atoms with van der Waals surface area (Å²) < 4.78 is 4.65. The maximum absolute atomic E-state index is 11.2. The van der Waals surface area contributed by atoms with Gasteiger partial charge in [-0.25, -0.2) is 0 Å². The van der Waals surface area contributed by atoms with E-state index in [0.29, 0.717) is 19.3 Å². The highest BCUT2D eigenvalue weighted by molar-refractivity contribution is 5.69. The number of hydrogen-bond donors (Lipinski definition) is 1. The normalized spacial score (nSPS) is 11.8. The fraction of sp³-hybridized carbons (Fsp3) is 0.467. The van der Waals surface area contributed by atoms with E-state index in [1.54, 1.807) is 0 Å². The van der Waals surface area contributed by atoms with Crippen molar-refractivity contribution in [3.8, 4) is 0 Å². The van der Waals surface area contributed by atoms with E-state index in [1.165, 1.54) is 7.11 Å². The number of methoxy groups -OCH3 is 1. The Hall–Kier alpha value is -1.84. The van der Waals surface area contributed by atoms with Crippen molar-refractivity contribution in [1.29, 1.82) is 0 Å². The third-order valence-corrected chi connectivity index (χ3v) is 3.14. The van der Waals surface area contributed by atoms with Crippen LogP contribution in [0.2, 0.25) is 0 Å². The number of carboxylic acid groups (broad SMARTS) is 1. The number of aliphatic carboxylic acids is 1. The SMILES string of the molecule is COC(=O)CCC(CCCC(=O)O)c1ccccc1. The molecule has 0 aromatic heterocycles. The summed E-state index contributed by atoms with van der Waals surface area (Å²) in [7, 11) is 1.38. The van der Waals surface area contributed by atoms with E-state index in [1.807, 2.05) is 30.3 Å². The molecule has 0 saturated carbocycles. The average Bonchev–Trinajstić information content (AvgIpc) is 2.42. The average molecular weight is 264 g/mol. The minimum absolute atomic E-state index is 0.168. The fourth-order valence-corrected chi connectivity index (χ4v) is 2.10. The highest BCUT2D eigenvalue weighted by atomic mass is 16.5. The summed E-state index contributed by atoms with van der Waals surface area (Å²) in [6.45, 7) is 0. The lowest BCUT2D eigenvalue weighted by atomic mass is 9.89. The number of benzene rings is 1. The number of hydrogen-bond acceptors (Lipinski definition) is 3. The minimum Gasteiger partial charge on any atom is -0.481 e. The lowest BCUT2D eigenvalue weighted by Gasteiger charge is -2.16. The van der Waals surface area contributed by atoms with E-state index in [9.17, 15) is 9.59 Å². The van der Waals surface area contributed by atoms with Crippen LogP contribution >= 0.6 is 0 Å². The standard InChI is InChI=1S/C15H20O4/c1-19-15(18)11-10-13(8-5-9-14(16)17)12-6-3-2-4-7-12/h2-4,6-7,13H,5,8-11H2,1H3,(H,16,17). The Kier molecular flexibility index (Phi) is 6.64. The Morgan fingerprint density at radius 2 is 1.84 bits per heavy atom. The van der Waals surface area contributed by atoms with E-state index < -0.39 is 5.97 Å². The molecular formula is C15H20O4. The van der Waals surface area contributed by atoms with Gasteiger partial charge in [-0.3, -0.25) is 9.59 Å². The Labute approximate surface area is 113 Å². The molecule has 1 rings (SSSR count). The molecule has 1 aromatic carbocycles. The van der Waals surface area contributed by atoms with Crippen molar-refractivity contribution in [2.24, 2.45) is 0 Å². The van der Waals surface area contributed by atoms with Crippen molar-refractivity contribution in [2.45, 2.75) is 38.0 Å². The van der Waals surface area contributed by atoms with Crippen molar-refractivity contribution in [2.75, 3.05) is 7.11 Å². The molecule has 1 atom stereocenters. The Morgan fingerprint density at radius 1 is 1.16 bits per heavy atom. The zero-order valence-corrected chi connectivity index (χ0v) is 11.2.